The quantitative estimate of drug-likeness (QED) is 0.613. The van der Waals surface area contributed by atoms with Gasteiger partial charge in [-0.25, -0.2) is 0 Å². The van der Waals surface area contributed by atoms with Crippen LogP contribution in [0.5, 0.6) is 0 Å². The van der Waals surface area contributed by atoms with Gasteiger partial charge in [0.1, 0.15) is 0 Å². The fourth-order valence-corrected chi connectivity index (χ4v) is 2.10. The molecule has 0 N–H and O–H groups in total. The summed E-state index contributed by atoms with van der Waals surface area (Å²) in [6.07, 6.45) is 5.46. The SMILES string of the molecule is C#Cc1ccc(C)cc1-c1ccsc1. The molecule has 0 saturated heterocycles. The van der Waals surface area contributed by atoms with Crippen molar-refractivity contribution in [2.45, 2.75) is 6.92 Å². The number of benzene rings is 1. The summed E-state index contributed by atoms with van der Waals surface area (Å²) < 4.78 is 0. The van der Waals surface area contributed by atoms with Crippen molar-refractivity contribution in [1.82, 2.24) is 0 Å². The van der Waals surface area contributed by atoms with Gasteiger partial charge in [-0.1, -0.05) is 23.6 Å². The molecule has 0 aliphatic heterocycles. The zero-order chi connectivity index (χ0) is 9.97. The second-order valence-corrected chi connectivity index (χ2v) is 3.99. The Bertz CT molecular complexity index is 472. The maximum Gasteiger partial charge on any atom is 0.0321 e. The van der Waals surface area contributed by atoms with E-state index in [0.29, 0.717) is 0 Å². The highest BCUT2D eigenvalue weighted by Gasteiger charge is 2.03. The van der Waals surface area contributed by atoms with Gasteiger partial charge in [-0.3, -0.25) is 0 Å². The van der Waals surface area contributed by atoms with Gasteiger partial charge >= 0.3 is 0 Å². The lowest BCUT2D eigenvalue weighted by Crippen LogP contribution is -1.83. The first kappa shape index (κ1) is 9.05. The topological polar surface area (TPSA) is 0 Å². The van der Waals surface area contributed by atoms with Crippen LogP contribution in [-0.4, -0.2) is 0 Å². The van der Waals surface area contributed by atoms with Gasteiger partial charge in [-0.05, 0) is 40.9 Å². The molecule has 0 nitrogen and oxygen atoms in total. The molecule has 0 radical (unpaired) electrons. The van der Waals surface area contributed by atoms with E-state index in [-0.39, 0.29) is 0 Å². The van der Waals surface area contributed by atoms with E-state index in [4.69, 9.17) is 6.42 Å². The van der Waals surface area contributed by atoms with E-state index in [9.17, 15) is 0 Å². The molecule has 14 heavy (non-hydrogen) atoms. The Morgan fingerprint density at radius 3 is 2.79 bits per heavy atom. The first-order valence-electron chi connectivity index (χ1n) is 4.41. The van der Waals surface area contributed by atoms with Gasteiger partial charge in [0.15, 0.2) is 0 Å². The minimum Gasteiger partial charge on any atom is -0.152 e. The lowest BCUT2D eigenvalue weighted by atomic mass is 10.0. The summed E-state index contributed by atoms with van der Waals surface area (Å²) in [5.74, 6) is 2.72. The molecule has 1 heteroatoms. The van der Waals surface area contributed by atoms with E-state index < -0.39 is 0 Å². The summed E-state index contributed by atoms with van der Waals surface area (Å²) in [5, 5.41) is 4.19. The van der Waals surface area contributed by atoms with Crippen molar-refractivity contribution in [1.29, 1.82) is 0 Å². The van der Waals surface area contributed by atoms with E-state index in [0.717, 1.165) is 11.1 Å². The summed E-state index contributed by atoms with van der Waals surface area (Å²) in [6, 6.07) is 8.28. The van der Waals surface area contributed by atoms with Crippen LogP contribution in [0.4, 0.5) is 0 Å². The lowest BCUT2D eigenvalue weighted by molar-refractivity contribution is 1.46. The van der Waals surface area contributed by atoms with E-state index in [1.54, 1.807) is 11.3 Å². The highest BCUT2D eigenvalue weighted by molar-refractivity contribution is 7.08. The van der Waals surface area contributed by atoms with Crippen molar-refractivity contribution in [3.05, 3.63) is 46.2 Å². The van der Waals surface area contributed by atoms with Crippen LogP contribution in [0.2, 0.25) is 0 Å². The summed E-state index contributed by atoms with van der Waals surface area (Å²) >= 11 is 1.69. The van der Waals surface area contributed by atoms with E-state index >= 15 is 0 Å². The molecule has 0 aliphatic rings. The van der Waals surface area contributed by atoms with Gasteiger partial charge in [0.05, 0.1) is 0 Å². The number of terminal acetylenes is 1. The molecule has 0 aliphatic carbocycles. The number of aryl methyl sites for hydroxylation is 1. The average molecular weight is 198 g/mol. The maximum atomic E-state index is 5.46. The minimum atomic E-state index is 0.967. The molecule has 1 aromatic carbocycles. The van der Waals surface area contributed by atoms with E-state index in [1.165, 1.54) is 11.1 Å². The van der Waals surface area contributed by atoms with Gasteiger partial charge in [-0.15, -0.1) is 6.42 Å². The first-order chi connectivity index (χ1) is 6.81. The predicted molar refractivity (Wildman–Crippen MR) is 62.4 cm³/mol. The third-order valence-corrected chi connectivity index (χ3v) is 2.85. The summed E-state index contributed by atoms with van der Waals surface area (Å²) in [5.41, 5.74) is 4.58. The molecule has 2 aromatic rings. The van der Waals surface area contributed by atoms with Crippen molar-refractivity contribution in [3.8, 4) is 23.5 Å². The van der Waals surface area contributed by atoms with E-state index in [2.05, 4.69) is 35.7 Å². The molecule has 0 saturated carbocycles. The van der Waals surface area contributed by atoms with Crippen LogP contribution < -0.4 is 0 Å². The third-order valence-electron chi connectivity index (χ3n) is 2.16. The van der Waals surface area contributed by atoms with E-state index in [1.807, 2.05) is 12.1 Å². The Balaban J connectivity index is 2.63. The Morgan fingerprint density at radius 2 is 2.14 bits per heavy atom. The maximum absolute atomic E-state index is 5.46. The molecule has 0 amide bonds. The van der Waals surface area contributed by atoms with Crippen LogP contribution >= 0.6 is 11.3 Å². The number of hydrogen-bond donors (Lipinski definition) is 0. The van der Waals surface area contributed by atoms with Gasteiger partial charge in [-0.2, -0.15) is 11.3 Å². The van der Waals surface area contributed by atoms with Crippen LogP contribution in [-0.2, 0) is 0 Å². The highest BCUT2D eigenvalue weighted by atomic mass is 32.1. The Labute approximate surface area is 88.2 Å². The van der Waals surface area contributed by atoms with Crippen molar-refractivity contribution in [3.63, 3.8) is 0 Å². The smallest absolute Gasteiger partial charge is 0.0321 e. The summed E-state index contributed by atoms with van der Waals surface area (Å²) in [6.45, 7) is 2.08. The monoisotopic (exact) mass is 198 g/mol. The van der Waals surface area contributed by atoms with Crippen molar-refractivity contribution >= 4 is 11.3 Å². The van der Waals surface area contributed by atoms with Gasteiger partial charge < -0.3 is 0 Å². The predicted octanol–water partition coefficient (Wildman–Crippen LogP) is 3.70. The van der Waals surface area contributed by atoms with Crippen LogP contribution in [0, 0.1) is 19.3 Å². The van der Waals surface area contributed by atoms with Crippen molar-refractivity contribution < 1.29 is 0 Å². The summed E-state index contributed by atoms with van der Waals surface area (Å²) in [4.78, 5) is 0. The van der Waals surface area contributed by atoms with Gasteiger partial charge in [0.25, 0.3) is 0 Å². The Kier molecular flexibility index (Phi) is 2.39. The normalized spacial score (nSPS) is 9.71. The molecule has 0 bridgehead atoms. The van der Waals surface area contributed by atoms with Gasteiger partial charge in [0.2, 0.25) is 0 Å². The number of hydrogen-bond acceptors (Lipinski definition) is 1. The second kappa shape index (κ2) is 3.69. The first-order valence-corrected chi connectivity index (χ1v) is 5.35. The van der Waals surface area contributed by atoms with Crippen LogP contribution in [0.3, 0.4) is 0 Å². The largest absolute Gasteiger partial charge is 0.152 e. The fraction of sp³-hybridized carbons (Fsp3) is 0.0769. The number of thiophene rings is 1. The molecule has 0 fully saturated rings. The molecule has 0 spiro atoms. The second-order valence-electron chi connectivity index (χ2n) is 3.21. The molecule has 1 aromatic heterocycles. The molecular weight excluding hydrogens is 188 g/mol. The van der Waals surface area contributed by atoms with Gasteiger partial charge in [0, 0.05) is 5.56 Å². The van der Waals surface area contributed by atoms with Crippen LogP contribution in [0.25, 0.3) is 11.1 Å². The lowest BCUT2D eigenvalue weighted by Gasteiger charge is -2.03. The van der Waals surface area contributed by atoms with Crippen LogP contribution in [0.15, 0.2) is 35.0 Å². The molecular formula is C13H10S. The van der Waals surface area contributed by atoms with Crippen molar-refractivity contribution in [2.24, 2.45) is 0 Å². The summed E-state index contributed by atoms with van der Waals surface area (Å²) in [7, 11) is 0. The molecule has 0 atom stereocenters. The fourth-order valence-electron chi connectivity index (χ4n) is 1.44. The molecule has 1 heterocycles. The molecule has 0 unspecified atom stereocenters. The third kappa shape index (κ3) is 1.57. The minimum absolute atomic E-state index is 0.967. The Morgan fingerprint density at radius 1 is 1.29 bits per heavy atom. The molecule has 68 valence electrons. The number of rotatable bonds is 1. The van der Waals surface area contributed by atoms with Crippen LogP contribution in [0.1, 0.15) is 11.1 Å². The zero-order valence-electron chi connectivity index (χ0n) is 7.95. The van der Waals surface area contributed by atoms with Crippen molar-refractivity contribution in [2.75, 3.05) is 0 Å². The standard InChI is InChI=1S/C13H10S/c1-3-11-5-4-10(2)8-13(11)12-6-7-14-9-12/h1,4-9H,2H3. The highest BCUT2D eigenvalue weighted by Crippen LogP contribution is 2.26. The average Bonchev–Trinajstić information content (AvgIpc) is 2.70. The Hall–Kier alpha value is -1.52. The molecule has 2 rings (SSSR count). The zero-order valence-corrected chi connectivity index (χ0v) is 8.77.